The molecule has 1 amide bonds. The quantitative estimate of drug-likeness (QED) is 0.854. The number of aryl methyl sites for hydroxylation is 3. The number of aromatic nitrogens is 5. The van der Waals surface area contributed by atoms with Crippen LogP contribution in [-0.2, 0) is 13.6 Å². The lowest BCUT2D eigenvalue weighted by Crippen LogP contribution is -2.27. The van der Waals surface area contributed by atoms with Gasteiger partial charge in [-0.25, -0.2) is 4.98 Å². The number of carbonyl (C=O) groups excluding carboxylic acids is 1. The first-order chi connectivity index (χ1) is 8.47. The summed E-state index contributed by atoms with van der Waals surface area (Å²) in [5.74, 6) is 1.19. The Labute approximate surface area is 105 Å². The topological polar surface area (TPSA) is 79.7 Å². The Morgan fingerprint density at radius 3 is 2.72 bits per heavy atom. The molecule has 0 atom stereocenters. The van der Waals surface area contributed by atoms with Crippen molar-refractivity contribution in [2.75, 3.05) is 7.05 Å². The summed E-state index contributed by atoms with van der Waals surface area (Å²) in [6.07, 6.45) is 0. The molecule has 0 unspecified atom stereocenters. The molecule has 0 radical (unpaired) electrons. The van der Waals surface area contributed by atoms with Gasteiger partial charge >= 0.3 is 0 Å². The normalized spacial score (nSPS) is 10.7. The van der Waals surface area contributed by atoms with Crippen molar-refractivity contribution >= 4 is 5.91 Å². The molecule has 0 saturated heterocycles. The van der Waals surface area contributed by atoms with Crippen molar-refractivity contribution in [1.82, 2.24) is 29.9 Å². The highest BCUT2D eigenvalue weighted by Crippen LogP contribution is 2.06. The third-order valence-corrected chi connectivity index (χ3v) is 2.70. The summed E-state index contributed by atoms with van der Waals surface area (Å²) >= 11 is 0. The van der Waals surface area contributed by atoms with Gasteiger partial charge in [0.05, 0.1) is 6.54 Å². The van der Waals surface area contributed by atoms with Gasteiger partial charge in [0.1, 0.15) is 5.82 Å². The second-order valence-electron chi connectivity index (χ2n) is 4.29. The second kappa shape index (κ2) is 4.59. The van der Waals surface area contributed by atoms with Crippen molar-refractivity contribution in [2.45, 2.75) is 20.4 Å². The summed E-state index contributed by atoms with van der Waals surface area (Å²) in [7, 11) is 3.52. The summed E-state index contributed by atoms with van der Waals surface area (Å²) in [6.45, 7) is 4.08. The minimum absolute atomic E-state index is 0.138. The fraction of sp³-hybridized carbons (Fsp3) is 0.455. The van der Waals surface area contributed by atoms with Crippen LogP contribution in [0, 0.1) is 13.8 Å². The average molecular weight is 248 g/mol. The van der Waals surface area contributed by atoms with Gasteiger partial charge in [-0.15, -0.1) is 0 Å². The SMILES string of the molecule is Cc1nc(CN(C)C(=O)c2cc(C)n(C)n2)n[nH]1. The highest BCUT2D eigenvalue weighted by atomic mass is 16.2. The highest BCUT2D eigenvalue weighted by molar-refractivity contribution is 5.92. The maximum absolute atomic E-state index is 12.1. The Morgan fingerprint density at radius 1 is 1.50 bits per heavy atom. The molecule has 0 aliphatic rings. The number of nitrogens with zero attached hydrogens (tertiary/aromatic N) is 5. The number of nitrogens with one attached hydrogen (secondary N) is 1. The van der Waals surface area contributed by atoms with Crippen LogP contribution < -0.4 is 0 Å². The molecule has 2 heterocycles. The van der Waals surface area contributed by atoms with E-state index >= 15 is 0 Å². The predicted molar refractivity (Wildman–Crippen MR) is 64.9 cm³/mol. The van der Waals surface area contributed by atoms with Gasteiger partial charge in [-0.1, -0.05) is 0 Å². The third-order valence-electron chi connectivity index (χ3n) is 2.70. The van der Waals surface area contributed by atoms with E-state index in [-0.39, 0.29) is 5.91 Å². The van der Waals surface area contributed by atoms with Gasteiger partial charge in [-0.05, 0) is 19.9 Å². The fourth-order valence-corrected chi connectivity index (χ4v) is 1.60. The van der Waals surface area contributed by atoms with Crippen molar-refractivity contribution < 1.29 is 4.79 Å². The summed E-state index contributed by atoms with van der Waals surface area (Å²) in [4.78, 5) is 17.8. The lowest BCUT2D eigenvalue weighted by atomic mass is 10.3. The molecule has 0 aliphatic carbocycles. The Hall–Kier alpha value is -2.18. The molecular formula is C11H16N6O. The summed E-state index contributed by atoms with van der Waals surface area (Å²) in [5, 5.41) is 10.9. The lowest BCUT2D eigenvalue weighted by Gasteiger charge is -2.13. The standard InChI is InChI=1S/C11H16N6O/c1-7-5-9(15-17(7)4)11(18)16(3)6-10-12-8(2)13-14-10/h5H,6H2,1-4H3,(H,12,13,14). The molecule has 2 aromatic rings. The van der Waals surface area contributed by atoms with E-state index in [9.17, 15) is 4.79 Å². The van der Waals surface area contributed by atoms with Gasteiger partial charge < -0.3 is 4.90 Å². The molecule has 0 bridgehead atoms. The van der Waals surface area contributed by atoms with Gasteiger partial charge in [-0.3, -0.25) is 14.6 Å². The van der Waals surface area contributed by atoms with E-state index in [4.69, 9.17) is 0 Å². The van der Waals surface area contributed by atoms with Gasteiger partial charge in [0.15, 0.2) is 11.5 Å². The lowest BCUT2D eigenvalue weighted by molar-refractivity contribution is 0.0775. The van der Waals surface area contributed by atoms with Crippen molar-refractivity contribution in [3.05, 3.63) is 29.1 Å². The predicted octanol–water partition coefficient (Wildman–Crippen LogP) is 0.427. The third kappa shape index (κ3) is 2.39. The monoisotopic (exact) mass is 248 g/mol. The van der Waals surface area contributed by atoms with Crippen LogP contribution in [0.4, 0.5) is 0 Å². The summed E-state index contributed by atoms with van der Waals surface area (Å²) < 4.78 is 1.68. The summed E-state index contributed by atoms with van der Waals surface area (Å²) in [6, 6.07) is 1.77. The Morgan fingerprint density at radius 2 is 2.22 bits per heavy atom. The first-order valence-corrected chi connectivity index (χ1v) is 5.61. The smallest absolute Gasteiger partial charge is 0.274 e. The number of amides is 1. The molecule has 7 nitrogen and oxygen atoms in total. The first-order valence-electron chi connectivity index (χ1n) is 5.61. The van der Waals surface area contributed by atoms with E-state index in [0.29, 0.717) is 18.1 Å². The number of hydrogen-bond acceptors (Lipinski definition) is 4. The molecule has 1 N–H and O–H groups in total. The van der Waals surface area contributed by atoms with E-state index in [1.54, 1.807) is 22.7 Å². The van der Waals surface area contributed by atoms with Crippen molar-refractivity contribution in [3.8, 4) is 0 Å². The molecule has 0 spiro atoms. The molecule has 18 heavy (non-hydrogen) atoms. The van der Waals surface area contributed by atoms with Crippen molar-refractivity contribution in [3.63, 3.8) is 0 Å². The molecule has 7 heteroatoms. The van der Waals surface area contributed by atoms with Crippen LogP contribution in [0.1, 0.15) is 27.8 Å². The van der Waals surface area contributed by atoms with Gasteiger partial charge in [0, 0.05) is 19.8 Å². The highest BCUT2D eigenvalue weighted by Gasteiger charge is 2.17. The van der Waals surface area contributed by atoms with Crippen molar-refractivity contribution in [2.24, 2.45) is 7.05 Å². The molecule has 0 aromatic carbocycles. The van der Waals surface area contributed by atoms with E-state index < -0.39 is 0 Å². The van der Waals surface area contributed by atoms with E-state index in [1.807, 2.05) is 20.9 Å². The van der Waals surface area contributed by atoms with Crippen molar-refractivity contribution in [1.29, 1.82) is 0 Å². The average Bonchev–Trinajstić information content (AvgIpc) is 2.85. The second-order valence-corrected chi connectivity index (χ2v) is 4.29. The van der Waals surface area contributed by atoms with Gasteiger partial charge in [0.2, 0.25) is 0 Å². The van der Waals surface area contributed by atoms with Crippen LogP contribution in [0.15, 0.2) is 6.07 Å². The zero-order valence-electron chi connectivity index (χ0n) is 10.9. The number of hydrogen-bond donors (Lipinski definition) is 1. The van der Waals surface area contributed by atoms with E-state index in [1.165, 1.54) is 0 Å². The number of aromatic amines is 1. The minimum Gasteiger partial charge on any atom is -0.333 e. The van der Waals surface area contributed by atoms with Crippen LogP contribution in [-0.4, -0.2) is 42.8 Å². The molecule has 0 fully saturated rings. The number of H-pyrrole nitrogens is 1. The van der Waals surface area contributed by atoms with Crippen LogP contribution in [0.3, 0.4) is 0 Å². The minimum atomic E-state index is -0.138. The molecule has 96 valence electrons. The molecule has 0 aliphatic heterocycles. The van der Waals surface area contributed by atoms with Crippen LogP contribution >= 0.6 is 0 Å². The summed E-state index contributed by atoms with van der Waals surface area (Å²) in [5.41, 5.74) is 1.38. The van der Waals surface area contributed by atoms with Gasteiger partial charge in [-0.2, -0.15) is 10.2 Å². The number of rotatable bonds is 3. The molecular weight excluding hydrogens is 232 g/mol. The Kier molecular flexibility index (Phi) is 3.14. The van der Waals surface area contributed by atoms with Crippen LogP contribution in [0.5, 0.6) is 0 Å². The van der Waals surface area contributed by atoms with Crippen LogP contribution in [0.2, 0.25) is 0 Å². The van der Waals surface area contributed by atoms with Gasteiger partial charge in [0.25, 0.3) is 5.91 Å². The maximum atomic E-state index is 12.1. The number of carbonyl (C=O) groups is 1. The molecule has 2 rings (SSSR count). The zero-order chi connectivity index (χ0) is 13.3. The van der Waals surface area contributed by atoms with E-state index in [2.05, 4.69) is 20.3 Å². The molecule has 2 aromatic heterocycles. The maximum Gasteiger partial charge on any atom is 0.274 e. The zero-order valence-corrected chi connectivity index (χ0v) is 10.9. The Bertz CT molecular complexity index is 550. The first kappa shape index (κ1) is 12.3. The van der Waals surface area contributed by atoms with Crippen LogP contribution in [0.25, 0.3) is 0 Å². The van der Waals surface area contributed by atoms with E-state index in [0.717, 1.165) is 11.5 Å². The largest absolute Gasteiger partial charge is 0.333 e. The fourth-order valence-electron chi connectivity index (χ4n) is 1.60. The Balaban J connectivity index is 2.09. The molecule has 0 saturated carbocycles.